The van der Waals surface area contributed by atoms with Crippen molar-refractivity contribution in [3.63, 3.8) is 0 Å². The van der Waals surface area contributed by atoms with Crippen LogP contribution in [0, 0.1) is 0 Å². The molecule has 0 aromatic heterocycles. The van der Waals surface area contributed by atoms with Crippen LogP contribution in [0.3, 0.4) is 0 Å². The van der Waals surface area contributed by atoms with E-state index in [1.54, 1.807) is 7.11 Å². The summed E-state index contributed by atoms with van der Waals surface area (Å²) in [5, 5.41) is 3.75. The zero-order chi connectivity index (χ0) is 11.7. The third-order valence-corrected chi connectivity index (χ3v) is 4.29. The first-order valence-corrected chi connectivity index (χ1v) is 6.76. The Morgan fingerprint density at radius 2 is 1.88 bits per heavy atom. The van der Waals surface area contributed by atoms with E-state index in [0.717, 1.165) is 17.8 Å². The lowest BCUT2D eigenvalue weighted by atomic mass is 9.74. The molecule has 0 atom stereocenters. The van der Waals surface area contributed by atoms with Crippen molar-refractivity contribution in [2.75, 3.05) is 7.11 Å². The van der Waals surface area contributed by atoms with Crippen LogP contribution in [0.1, 0.15) is 43.6 Å². The van der Waals surface area contributed by atoms with Crippen molar-refractivity contribution in [1.82, 2.24) is 5.32 Å². The lowest BCUT2D eigenvalue weighted by Gasteiger charge is -2.41. The molecule has 0 radical (unpaired) electrons. The molecule has 3 rings (SSSR count). The number of benzene rings is 1. The molecule has 17 heavy (non-hydrogen) atoms. The van der Waals surface area contributed by atoms with E-state index in [-0.39, 0.29) is 0 Å². The highest BCUT2D eigenvalue weighted by Gasteiger charge is 2.34. The molecule has 2 heteroatoms. The maximum Gasteiger partial charge on any atom is 0.122 e. The summed E-state index contributed by atoms with van der Waals surface area (Å²) in [6, 6.07) is 10.0. The fraction of sp³-hybridized carbons (Fsp3) is 0.600. The van der Waals surface area contributed by atoms with E-state index >= 15 is 0 Å². The summed E-state index contributed by atoms with van der Waals surface area (Å²) >= 11 is 0. The van der Waals surface area contributed by atoms with Crippen molar-refractivity contribution >= 4 is 0 Å². The highest BCUT2D eigenvalue weighted by Crippen LogP contribution is 2.41. The fourth-order valence-corrected chi connectivity index (χ4v) is 2.92. The van der Waals surface area contributed by atoms with E-state index in [1.807, 2.05) is 6.07 Å². The Bertz CT molecular complexity index is 380. The lowest BCUT2D eigenvalue weighted by Crippen LogP contribution is -2.48. The molecule has 0 spiro atoms. The van der Waals surface area contributed by atoms with E-state index < -0.39 is 0 Å². The molecule has 1 N–H and O–H groups in total. The zero-order valence-corrected chi connectivity index (χ0v) is 10.5. The number of hydrogen-bond acceptors (Lipinski definition) is 2. The van der Waals surface area contributed by atoms with E-state index in [0.29, 0.717) is 5.92 Å². The first-order valence-electron chi connectivity index (χ1n) is 6.76. The number of nitrogens with one attached hydrogen (secondary N) is 1. The second kappa shape index (κ2) is 4.69. The maximum absolute atomic E-state index is 5.43. The predicted molar refractivity (Wildman–Crippen MR) is 69.5 cm³/mol. The van der Waals surface area contributed by atoms with Gasteiger partial charge in [0.15, 0.2) is 0 Å². The highest BCUT2D eigenvalue weighted by atomic mass is 16.5. The molecule has 2 aliphatic rings. The van der Waals surface area contributed by atoms with Crippen LogP contribution in [0.5, 0.6) is 5.75 Å². The van der Waals surface area contributed by atoms with Gasteiger partial charge in [0.2, 0.25) is 0 Å². The molecule has 1 aromatic carbocycles. The molecule has 0 aliphatic heterocycles. The van der Waals surface area contributed by atoms with E-state index in [9.17, 15) is 0 Å². The third-order valence-electron chi connectivity index (χ3n) is 4.29. The minimum absolute atomic E-state index is 0.698. The molecule has 2 aliphatic carbocycles. The Hall–Kier alpha value is -1.02. The van der Waals surface area contributed by atoms with Crippen LogP contribution in [0.4, 0.5) is 0 Å². The smallest absolute Gasteiger partial charge is 0.122 e. The summed E-state index contributed by atoms with van der Waals surface area (Å²) in [7, 11) is 1.77. The van der Waals surface area contributed by atoms with Crippen molar-refractivity contribution in [3.8, 4) is 5.75 Å². The summed E-state index contributed by atoms with van der Waals surface area (Å²) in [6.07, 6.45) is 6.74. The van der Waals surface area contributed by atoms with Crippen LogP contribution in [-0.4, -0.2) is 19.2 Å². The Morgan fingerprint density at radius 3 is 2.53 bits per heavy atom. The van der Waals surface area contributed by atoms with Crippen molar-refractivity contribution in [2.45, 2.75) is 50.1 Å². The van der Waals surface area contributed by atoms with Gasteiger partial charge in [-0.1, -0.05) is 24.6 Å². The molecular weight excluding hydrogens is 210 g/mol. The summed E-state index contributed by atoms with van der Waals surface area (Å²) < 4.78 is 5.43. The van der Waals surface area contributed by atoms with Gasteiger partial charge in [0.05, 0.1) is 7.11 Å². The Morgan fingerprint density at radius 1 is 1.12 bits per heavy atom. The number of ether oxygens (including phenoxy) is 1. The fourth-order valence-electron chi connectivity index (χ4n) is 2.92. The van der Waals surface area contributed by atoms with Crippen LogP contribution >= 0.6 is 0 Å². The second-order valence-electron chi connectivity index (χ2n) is 5.40. The monoisotopic (exact) mass is 231 g/mol. The number of hydrogen-bond donors (Lipinski definition) is 1. The minimum atomic E-state index is 0.698. The summed E-state index contributed by atoms with van der Waals surface area (Å²) in [5.74, 6) is 1.75. The zero-order valence-electron chi connectivity index (χ0n) is 10.5. The normalized spacial score (nSPS) is 28.3. The molecule has 0 bridgehead atoms. The molecular formula is C15H21NO. The van der Waals surface area contributed by atoms with Crippen LogP contribution in [-0.2, 0) is 0 Å². The molecule has 0 saturated heterocycles. The van der Waals surface area contributed by atoms with Crippen molar-refractivity contribution in [3.05, 3.63) is 29.8 Å². The van der Waals surface area contributed by atoms with E-state index in [2.05, 4.69) is 23.5 Å². The average molecular weight is 231 g/mol. The van der Waals surface area contributed by atoms with Gasteiger partial charge >= 0.3 is 0 Å². The van der Waals surface area contributed by atoms with Gasteiger partial charge in [0.25, 0.3) is 0 Å². The average Bonchev–Trinajstić information content (AvgIpc) is 2.25. The van der Waals surface area contributed by atoms with Gasteiger partial charge in [-0.3, -0.25) is 0 Å². The van der Waals surface area contributed by atoms with Gasteiger partial charge in [-0.25, -0.2) is 0 Å². The predicted octanol–water partition coefficient (Wildman–Crippen LogP) is 3.08. The Balaban J connectivity index is 1.56. The molecule has 92 valence electrons. The maximum atomic E-state index is 5.43. The van der Waals surface area contributed by atoms with E-state index in [4.69, 9.17) is 4.74 Å². The number of para-hydroxylation sites is 1. The first kappa shape index (κ1) is 11.1. The number of methoxy groups -OCH3 is 1. The number of rotatable bonds is 4. The van der Waals surface area contributed by atoms with Crippen LogP contribution < -0.4 is 10.1 Å². The standard InChI is InChI=1S/C15H21NO/c1-17-15-8-3-2-7-14(15)11-9-13(10-11)16-12-5-4-6-12/h2-3,7-8,11-13,16H,4-6,9-10H2,1H3. The molecule has 2 saturated carbocycles. The molecule has 0 heterocycles. The van der Waals surface area contributed by atoms with Crippen LogP contribution in [0.25, 0.3) is 0 Å². The second-order valence-corrected chi connectivity index (χ2v) is 5.40. The van der Waals surface area contributed by atoms with Crippen molar-refractivity contribution in [2.24, 2.45) is 0 Å². The van der Waals surface area contributed by atoms with Crippen molar-refractivity contribution < 1.29 is 4.74 Å². The topological polar surface area (TPSA) is 21.3 Å². The van der Waals surface area contributed by atoms with Gasteiger partial charge < -0.3 is 10.1 Å². The molecule has 2 fully saturated rings. The summed E-state index contributed by atoms with van der Waals surface area (Å²) in [6.45, 7) is 0. The van der Waals surface area contributed by atoms with E-state index in [1.165, 1.54) is 37.7 Å². The quantitative estimate of drug-likeness (QED) is 0.859. The molecule has 0 amide bonds. The van der Waals surface area contributed by atoms with Gasteiger partial charge in [0, 0.05) is 12.1 Å². The SMILES string of the molecule is COc1ccccc1C1CC(NC2CCC2)C1. The summed E-state index contributed by atoms with van der Waals surface area (Å²) in [4.78, 5) is 0. The Labute approximate surface area is 103 Å². The van der Waals surface area contributed by atoms with Gasteiger partial charge in [-0.2, -0.15) is 0 Å². The molecule has 2 nitrogen and oxygen atoms in total. The first-order chi connectivity index (χ1) is 8.36. The van der Waals surface area contributed by atoms with Crippen LogP contribution in [0.2, 0.25) is 0 Å². The molecule has 1 aromatic rings. The van der Waals surface area contributed by atoms with Gasteiger partial charge in [0.1, 0.15) is 5.75 Å². The minimum Gasteiger partial charge on any atom is -0.496 e. The van der Waals surface area contributed by atoms with Crippen molar-refractivity contribution in [1.29, 1.82) is 0 Å². The molecule has 0 unspecified atom stereocenters. The summed E-state index contributed by atoms with van der Waals surface area (Å²) in [5.41, 5.74) is 1.39. The lowest BCUT2D eigenvalue weighted by molar-refractivity contribution is 0.217. The largest absolute Gasteiger partial charge is 0.496 e. The third kappa shape index (κ3) is 2.19. The Kier molecular flexibility index (Phi) is 3.06. The highest BCUT2D eigenvalue weighted by molar-refractivity contribution is 5.37. The van der Waals surface area contributed by atoms with Gasteiger partial charge in [-0.15, -0.1) is 0 Å². The van der Waals surface area contributed by atoms with Gasteiger partial charge in [-0.05, 0) is 43.2 Å². The van der Waals surface area contributed by atoms with Crippen LogP contribution in [0.15, 0.2) is 24.3 Å².